The second-order valence-electron chi connectivity index (χ2n) is 5.00. The zero-order valence-electron chi connectivity index (χ0n) is 10.9. The van der Waals surface area contributed by atoms with E-state index in [4.69, 9.17) is 18.0 Å². The summed E-state index contributed by atoms with van der Waals surface area (Å²) in [5.74, 6) is 0.786. The standard InChI is InChI=1S/C14H21N3S/c1-2-10-5-3-4-6-12(10)17-11-7-8-13(14(15)18)16-9-11/h7-10,12,17H,2-6H2,1H3,(H2,15,18). The zero-order valence-corrected chi connectivity index (χ0v) is 11.7. The Morgan fingerprint density at radius 1 is 1.44 bits per heavy atom. The van der Waals surface area contributed by atoms with E-state index in [1.165, 1.54) is 32.1 Å². The quantitative estimate of drug-likeness (QED) is 0.820. The van der Waals surface area contributed by atoms with E-state index in [0.29, 0.717) is 16.7 Å². The lowest BCUT2D eigenvalue weighted by Crippen LogP contribution is -2.31. The van der Waals surface area contributed by atoms with Crippen molar-refractivity contribution in [1.29, 1.82) is 0 Å². The van der Waals surface area contributed by atoms with E-state index in [1.807, 2.05) is 18.3 Å². The number of hydrogen-bond donors (Lipinski definition) is 2. The molecule has 1 aliphatic carbocycles. The van der Waals surface area contributed by atoms with Crippen LogP contribution in [-0.2, 0) is 0 Å². The molecule has 1 aliphatic rings. The van der Waals surface area contributed by atoms with Gasteiger partial charge in [0.1, 0.15) is 4.99 Å². The highest BCUT2D eigenvalue weighted by Crippen LogP contribution is 2.29. The summed E-state index contributed by atoms with van der Waals surface area (Å²) in [5, 5.41) is 3.60. The van der Waals surface area contributed by atoms with Crippen LogP contribution in [0.5, 0.6) is 0 Å². The molecule has 1 saturated carbocycles. The summed E-state index contributed by atoms with van der Waals surface area (Å²) >= 11 is 4.90. The number of hydrogen-bond acceptors (Lipinski definition) is 3. The van der Waals surface area contributed by atoms with Crippen molar-refractivity contribution in [3.05, 3.63) is 24.0 Å². The highest BCUT2D eigenvalue weighted by Gasteiger charge is 2.23. The van der Waals surface area contributed by atoms with Gasteiger partial charge in [0, 0.05) is 6.04 Å². The molecule has 98 valence electrons. The first-order valence-electron chi connectivity index (χ1n) is 6.73. The lowest BCUT2D eigenvalue weighted by atomic mass is 9.83. The summed E-state index contributed by atoms with van der Waals surface area (Å²) in [6, 6.07) is 4.48. The average molecular weight is 263 g/mol. The minimum absolute atomic E-state index is 0.352. The second kappa shape index (κ2) is 6.14. The molecule has 0 aromatic carbocycles. The first kappa shape index (κ1) is 13.3. The number of thiocarbonyl (C=S) groups is 1. The molecule has 18 heavy (non-hydrogen) atoms. The molecule has 2 atom stereocenters. The molecular weight excluding hydrogens is 242 g/mol. The van der Waals surface area contributed by atoms with Crippen LogP contribution in [-0.4, -0.2) is 16.0 Å². The Morgan fingerprint density at radius 2 is 2.22 bits per heavy atom. The zero-order chi connectivity index (χ0) is 13.0. The first-order valence-corrected chi connectivity index (χ1v) is 7.14. The van der Waals surface area contributed by atoms with Crippen LogP contribution in [0.1, 0.15) is 44.7 Å². The minimum Gasteiger partial charge on any atom is -0.388 e. The van der Waals surface area contributed by atoms with Gasteiger partial charge in [-0.2, -0.15) is 0 Å². The molecule has 2 unspecified atom stereocenters. The molecule has 4 heteroatoms. The Bertz CT molecular complexity index is 402. The average Bonchev–Trinajstić information content (AvgIpc) is 2.40. The Hall–Kier alpha value is -1.16. The van der Waals surface area contributed by atoms with Gasteiger partial charge in [-0.25, -0.2) is 0 Å². The van der Waals surface area contributed by atoms with Crippen molar-refractivity contribution < 1.29 is 0 Å². The van der Waals surface area contributed by atoms with Crippen LogP contribution in [0.4, 0.5) is 5.69 Å². The van der Waals surface area contributed by atoms with Gasteiger partial charge in [0.2, 0.25) is 0 Å². The molecule has 3 N–H and O–H groups in total. The highest BCUT2D eigenvalue weighted by molar-refractivity contribution is 7.80. The molecule has 0 saturated heterocycles. The maximum Gasteiger partial charge on any atom is 0.122 e. The molecule has 1 aromatic rings. The smallest absolute Gasteiger partial charge is 0.122 e. The van der Waals surface area contributed by atoms with Gasteiger partial charge in [-0.3, -0.25) is 4.98 Å². The predicted molar refractivity (Wildman–Crippen MR) is 79.8 cm³/mol. The fourth-order valence-electron chi connectivity index (χ4n) is 2.73. The van der Waals surface area contributed by atoms with Gasteiger partial charge < -0.3 is 11.1 Å². The van der Waals surface area contributed by atoms with Crippen molar-refractivity contribution in [2.75, 3.05) is 5.32 Å². The van der Waals surface area contributed by atoms with Crippen molar-refractivity contribution in [2.24, 2.45) is 11.7 Å². The van der Waals surface area contributed by atoms with Gasteiger partial charge in [-0.05, 0) is 30.9 Å². The second-order valence-corrected chi connectivity index (χ2v) is 5.44. The van der Waals surface area contributed by atoms with Crippen LogP contribution in [0.3, 0.4) is 0 Å². The van der Waals surface area contributed by atoms with Gasteiger partial charge in [0.25, 0.3) is 0 Å². The highest BCUT2D eigenvalue weighted by atomic mass is 32.1. The van der Waals surface area contributed by atoms with Crippen LogP contribution in [0.2, 0.25) is 0 Å². The van der Waals surface area contributed by atoms with Crippen molar-refractivity contribution in [3.8, 4) is 0 Å². The fourth-order valence-corrected chi connectivity index (χ4v) is 2.85. The van der Waals surface area contributed by atoms with Crippen LogP contribution in [0.15, 0.2) is 18.3 Å². The molecule has 0 radical (unpaired) electrons. The number of rotatable bonds is 4. The number of nitrogens with two attached hydrogens (primary N) is 1. The van der Waals surface area contributed by atoms with Gasteiger partial charge in [0.05, 0.1) is 17.6 Å². The molecule has 0 bridgehead atoms. The lowest BCUT2D eigenvalue weighted by molar-refractivity contribution is 0.317. The molecule has 0 amide bonds. The van der Waals surface area contributed by atoms with Crippen molar-refractivity contribution in [2.45, 2.75) is 45.1 Å². The number of nitrogens with one attached hydrogen (secondary N) is 1. The van der Waals surface area contributed by atoms with Crippen molar-refractivity contribution in [3.63, 3.8) is 0 Å². The summed E-state index contributed by atoms with van der Waals surface area (Å²) in [6.07, 6.45) is 8.37. The largest absolute Gasteiger partial charge is 0.388 e. The van der Waals surface area contributed by atoms with Gasteiger partial charge in [0.15, 0.2) is 0 Å². The molecule has 1 fully saturated rings. The Morgan fingerprint density at radius 3 is 2.83 bits per heavy atom. The molecule has 1 aromatic heterocycles. The van der Waals surface area contributed by atoms with E-state index in [1.54, 1.807) is 0 Å². The molecule has 3 nitrogen and oxygen atoms in total. The molecule has 0 aliphatic heterocycles. The number of pyridine rings is 1. The predicted octanol–water partition coefficient (Wildman–Crippen LogP) is 3.10. The maximum atomic E-state index is 5.54. The fraction of sp³-hybridized carbons (Fsp3) is 0.571. The van der Waals surface area contributed by atoms with Crippen molar-refractivity contribution in [1.82, 2.24) is 4.98 Å². The lowest BCUT2D eigenvalue weighted by Gasteiger charge is -2.32. The molecule has 0 spiro atoms. The monoisotopic (exact) mass is 263 g/mol. The van der Waals surface area contributed by atoms with Crippen LogP contribution in [0.25, 0.3) is 0 Å². The Labute approximate surface area is 114 Å². The van der Waals surface area contributed by atoms with E-state index >= 15 is 0 Å². The van der Waals surface area contributed by atoms with Gasteiger partial charge in [-0.1, -0.05) is 38.4 Å². The Balaban J connectivity index is 2.01. The SMILES string of the molecule is CCC1CCCCC1Nc1ccc(C(N)=S)nc1. The topological polar surface area (TPSA) is 50.9 Å². The van der Waals surface area contributed by atoms with E-state index in [-0.39, 0.29) is 0 Å². The van der Waals surface area contributed by atoms with Crippen LogP contribution in [0, 0.1) is 5.92 Å². The normalized spacial score (nSPS) is 23.6. The van der Waals surface area contributed by atoms with Crippen molar-refractivity contribution >= 4 is 22.9 Å². The summed E-state index contributed by atoms with van der Waals surface area (Å²) in [6.45, 7) is 2.28. The van der Waals surface area contributed by atoms with E-state index in [9.17, 15) is 0 Å². The summed E-state index contributed by atoms with van der Waals surface area (Å²) < 4.78 is 0. The molecular formula is C14H21N3S. The Kier molecular flexibility index (Phi) is 4.53. The maximum absolute atomic E-state index is 5.54. The third-order valence-electron chi connectivity index (χ3n) is 3.80. The minimum atomic E-state index is 0.352. The summed E-state index contributed by atoms with van der Waals surface area (Å²) in [7, 11) is 0. The van der Waals surface area contributed by atoms with E-state index in [0.717, 1.165) is 11.6 Å². The molecule has 2 rings (SSSR count). The van der Waals surface area contributed by atoms with Gasteiger partial charge >= 0.3 is 0 Å². The third-order valence-corrected chi connectivity index (χ3v) is 4.01. The summed E-state index contributed by atoms with van der Waals surface area (Å²) in [4.78, 5) is 4.62. The number of aromatic nitrogens is 1. The van der Waals surface area contributed by atoms with Crippen LogP contribution < -0.4 is 11.1 Å². The summed E-state index contributed by atoms with van der Waals surface area (Å²) in [5.41, 5.74) is 7.30. The van der Waals surface area contributed by atoms with E-state index < -0.39 is 0 Å². The number of anilines is 1. The van der Waals surface area contributed by atoms with Gasteiger partial charge in [-0.15, -0.1) is 0 Å². The van der Waals surface area contributed by atoms with Crippen LogP contribution >= 0.6 is 12.2 Å². The third kappa shape index (κ3) is 3.19. The first-order chi connectivity index (χ1) is 8.70. The molecule has 1 heterocycles. The van der Waals surface area contributed by atoms with E-state index in [2.05, 4.69) is 17.2 Å². The number of nitrogens with zero attached hydrogens (tertiary/aromatic N) is 1.